The van der Waals surface area contributed by atoms with E-state index in [1.54, 1.807) is 24.3 Å². The van der Waals surface area contributed by atoms with Gasteiger partial charge in [0.05, 0.1) is 30.5 Å². The second-order valence-electron chi connectivity index (χ2n) is 6.45. The molecule has 1 fully saturated rings. The Balaban J connectivity index is 1.51. The highest BCUT2D eigenvalue weighted by atomic mass is 35.5. The molecule has 0 N–H and O–H groups in total. The summed E-state index contributed by atoms with van der Waals surface area (Å²) in [5.74, 6) is 1.60. The zero-order valence-corrected chi connectivity index (χ0v) is 15.2. The number of ether oxygens (including phenoxy) is 1. The summed E-state index contributed by atoms with van der Waals surface area (Å²) in [6, 6.07) is 6.94. The summed E-state index contributed by atoms with van der Waals surface area (Å²) in [7, 11) is -3.44. The Morgan fingerprint density at radius 1 is 1.36 bits per heavy atom. The number of rotatable bonds is 4. The number of hydrogen-bond acceptors (Lipinski definition) is 5. The van der Waals surface area contributed by atoms with Crippen molar-refractivity contribution in [2.24, 2.45) is 0 Å². The molecule has 0 aliphatic carbocycles. The molecule has 0 bridgehead atoms. The zero-order valence-electron chi connectivity index (χ0n) is 13.7. The van der Waals surface area contributed by atoms with E-state index in [1.807, 2.05) is 0 Å². The lowest BCUT2D eigenvalue weighted by molar-refractivity contribution is 0.190. The van der Waals surface area contributed by atoms with Crippen LogP contribution in [0.15, 0.2) is 28.7 Å². The lowest BCUT2D eigenvalue weighted by atomic mass is 10.1. The van der Waals surface area contributed by atoms with Crippen LogP contribution >= 0.6 is 11.6 Å². The molecule has 0 spiro atoms. The summed E-state index contributed by atoms with van der Waals surface area (Å²) in [5, 5.41) is 0.536. The largest absolute Gasteiger partial charge is 0.445 e. The first-order valence-corrected chi connectivity index (χ1v) is 10.3. The predicted octanol–water partition coefficient (Wildman–Crippen LogP) is 2.72. The molecule has 2 aliphatic heterocycles. The van der Waals surface area contributed by atoms with Crippen LogP contribution in [0, 0.1) is 0 Å². The Morgan fingerprint density at radius 2 is 2.24 bits per heavy atom. The first-order valence-electron chi connectivity index (χ1n) is 8.30. The van der Waals surface area contributed by atoms with Gasteiger partial charge < -0.3 is 9.15 Å². The molecule has 0 radical (unpaired) electrons. The van der Waals surface area contributed by atoms with Crippen molar-refractivity contribution >= 4 is 21.6 Å². The van der Waals surface area contributed by atoms with Gasteiger partial charge in [-0.05, 0) is 24.1 Å². The Kier molecular flexibility index (Phi) is 4.58. The Hall–Kier alpha value is -1.41. The van der Waals surface area contributed by atoms with E-state index < -0.39 is 10.0 Å². The topological polar surface area (TPSA) is 72.6 Å². The molecule has 2 aliphatic rings. The lowest BCUT2D eigenvalue weighted by Crippen LogP contribution is -2.36. The number of sulfonamides is 1. The molecule has 0 amide bonds. The summed E-state index contributed by atoms with van der Waals surface area (Å²) in [6.07, 6.45) is 1.45. The third-order valence-electron chi connectivity index (χ3n) is 4.62. The van der Waals surface area contributed by atoms with Crippen molar-refractivity contribution in [3.63, 3.8) is 0 Å². The molecule has 1 unspecified atom stereocenters. The van der Waals surface area contributed by atoms with E-state index in [2.05, 4.69) is 4.98 Å². The van der Waals surface area contributed by atoms with Crippen LogP contribution in [0.1, 0.15) is 35.2 Å². The number of halogens is 1. The number of oxazole rings is 1. The van der Waals surface area contributed by atoms with Gasteiger partial charge in [-0.1, -0.05) is 23.7 Å². The van der Waals surface area contributed by atoms with E-state index in [4.69, 9.17) is 20.8 Å². The first kappa shape index (κ1) is 17.0. The van der Waals surface area contributed by atoms with Crippen LogP contribution in [-0.2, 0) is 33.5 Å². The van der Waals surface area contributed by atoms with Crippen LogP contribution in [0.4, 0.5) is 0 Å². The second-order valence-corrected chi connectivity index (χ2v) is 8.86. The van der Waals surface area contributed by atoms with Crippen molar-refractivity contribution in [2.75, 3.05) is 19.8 Å². The second kappa shape index (κ2) is 6.72. The fourth-order valence-corrected chi connectivity index (χ4v) is 4.95. The van der Waals surface area contributed by atoms with Gasteiger partial charge in [-0.2, -0.15) is 4.31 Å². The molecular weight excluding hydrogens is 364 g/mol. The van der Waals surface area contributed by atoms with Crippen LogP contribution in [0.25, 0.3) is 0 Å². The molecule has 8 heteroatoms. The fraction of sp³-hybridized carbons (Fsp3) is 0.471. The van der Waals surface area contributed by atoms with Gasteiger partial charge in [0.2, 0.25) is 10.0 Å². The van der Waals surface area contributed by atoms with Crippen LogP contribution in [0.3, 0.4) is 0 Å². The van der Waals surface area contributed by atoms with E-state index in [-0.39, 0.29) is 18.2 Å². The molecule has 1 atom stereocenters. The van der Waals surface area contributed by atoms with Gasteiger partial charge in [0.1, 0.15) is 5.76 Å². The minimum atomic E-state index is -3.44. The molecule has 25 heavy (non-hydrogen) atoms. The van der Waals surface area contributed by atoms with Gasteiger partial charge in [-0.15, -0.1) is 0 Å². The van der Waals surface area contributed by atoms with Gasteiger partial charge in [0, 0.05) is 24.6 Å². The van der Waals surface area contributed by atoms with E-state index in [0.717, 1.165) is 24.5 Å². The summed E-state index contributed by atoms with van der Waals surface area (Å²) in [6.45, 7) is 2.01. The molecule has 1 aromatic heterocycles. The van der Waals surface area contributed by atoms with Crippen molar-refractivity contribution in [1.82, 2.24) is 9.29 Å². The maximum absolute atomic E-state index is 12.7. The van der Waals surface area contributed by atoms with Crippen molar-refractivity contribution in [2.45, 2.75) is 31.1 Å². The van der Waals surface area contributed by atoms with Gasteiger partial charge in [-0.25, -0.2) is 13.4 Å². The summed E-state index contributed by atoms with van der Waals surface area (Å²) in [4.78, 5) is 4.54. The lowest BCUT2D eigenvalue weighted by Gasteiger charge is -2.24. The molecule has 2 aromatic rings. The van der Waals surface area contributed by atoms with Crippen LogP contribution < -0.4 is 0 Å². The number of hydrogen-bond donors (Lipinski definition) is 0. The average molecular weight is 383 g/mol. The Bertz CT molecular complexity index is 875. The molecule has 3 heterocycles. The highest BCUT2D eigenvalue weighted by Crippen LogP contribution is 2.30. The quantitative estimate of drug-likeness (QED) is 0.812. The molecule has 0 saturated carbocycles. The zero-order chi connectivity index (χ0) is 17.4. The molecule has 1 saturated heterocycles. The van der Waals surface area contributed by atoms with Crippen LogP contribution in [0.5, 0.6) is 0 Å². The maximum Gasteiger partial charge on any atom is 0.218 e. The molecule has 1 aromatic carbocycles. The van der Waals surface area contributed by atoms with Crippen molar-refractivity contribution in [3.8, 4) is 0 Å². The van der Waals surface area contributed by atoms with E-state index in [0.29, 0.717) is 36.0 Å². The highest BCUT2D eigenvalue weighted by Gasteiger charge is 2.32. The van der Waals surface area contributed by atoms with Crippen molar-refractivity contribution in [3.05, 3.63) is 52.2 Å². The van der Waals surface area contributed by atoms with E-state index in [1.165, 1.54) is 4.31 Å². The average Bonchev–Trinajstić information content (AvgIpc) is 3.23. The molecular formula is C17H19ClN2O4S. The number of benzene rings is 1. The monoisotopic (exact) mass is 382 g/mol. The smallest absolute Gasteiger partial charge is 0.218 e. The van der Waals surface area contributed by atoms with Crippen LogP contribution in [0.2, 0.25) is 5.02 Å². The van der Waals surface area contributed by atoms with E-state index in [9.17, 15) is 8.42 Å². The number of nitrogens with zero attached hydrogens (tertiary/aromatic N) is 2. The van der Waals surface area contributed by atoms with Crippen molar-refractivity contribution in [1.29, 1.82) is 0 Å². The van der Waals surface area contributed by atoms with E-state index >= 15 is 0 Å². The van der Waals surface area contributed by atoms with Gasteiger partial charge in [0.25, 0.3) is 0 Å². The molecule has 4 rings (SSSR count). The third kappa shape index (κ3) is 3.60. The predicted molar refractivity (Wildman–Crippen MR) is 92.9 cm³/mol. The Morgan fingerprint density at radius 3 is 3.00 bits per heavy atom. The Labute approximate surface area is 151 Å². The van der Waals surface area contributed by atoms with Crippen LogP contribution in [-0.4, -0.2) is 37.5 Å². The maximum atomic E-state index is 12.7. The minimum absolute atomic E-state index is 0.0654. The molecule has 6 nitrogen and oxygen atoms in total. The standard InChI is InChI=1S/C17H19ClN2O4S/c18-14-3-1-2-12(8-14)11-25(21,22)20-6-4-16-15(9-20)19-17(24-16)13-5-7-23-10-13/h1-3,8,13H,4-7,9-11H2. The highest BCUT2D eigenvalue weighted by molar-refractivity contribution is 7.88. The van der Waals surface area contributed by atoms with Gasteiger partial charge >= 0.3 is 0 Å². The summed E-state index contributed by atoms with van der Waals surface area (Å²) < 4.78 is 38.2. The normalized spacial score (nSPS) is 21.4. The SMILES string of the molecule is O=S(=O)(Cc1cccc(Cl)c1)N1CCc2oc(C3CCOC3)nc2C1. The third-order valence-corrected chi connectivity index (χ3v) is 6.65. The summed E-state index contributed by atoms with van der Waals surface area (Å²) in [5.41, 5.74) is 1.41. The van der Waals surface area contributed by atoms with Gasteiger partial charge in [-0.3, -0.25) is 0 Å². The summed E-state index contributed by atoms with van der Waals surface area (Å²) >= 11 is 5.95. The van der Waals surface area contributed by atoms with Gasteiger partial charge in [0.15, 0.2) is 5.89 Å². The minimum Gasteiger partial charge on any atom is -0.445 e. The number of fused-ring (bicyclic) bond motifs is 1. The first-order chi connectivity index (χ1) is 12.0. The number of aromatic nitrogens is 1. The molecule has 134 valence electrons. The van der Waals surface area contributed by atoms with Crippen molar-refractivity contribution < 1.29 is 17.6 Å². The fourth-order valence-electron chi connectivity index (χ4n) is 3.26.